The third-order valence-electron chi connectivity index (χ3n) is 3.51. The molecular formula is C13H13FN2O3S. The third kappa shape index (κ3) is 2.37. The monoisotopic (exact) mass is 296 g/mol. The van der Waals surface area contributed by atoms with Crippen LogP contribution in [0, 0.1) is 11.9 Å². The number of carbonyl (C=O) groups is 2. The Morgan fingerprint density at radius 1 is 1.40 bits per heavy atom. The van der Waals surface area contributed by atoms with Crippen molar-refractivity contribution in [3.8, 4) is 0 Å². The summed E-state index contributed by atoms with van der Waals surface area (Å²) in [6.07, 6.45) is 2.01. The Balaban J connectivity index is 1.90. The first-order valence-corrected chi connectivity index (χ1v) is 7.42. The van der Waals surface area contributed by atoms with Crippen LogP contribution in [-0.2, 0) is 4.79 Å². The summed E-state index contributed by atoms with van der Waals surface area (Å²) in [6, 6.07) is 3.11. The van der Waals surface area contributed by atoms with Crippen LogP contribution in [0.3, 0.4) is 0 Å². The summed E-state index contributed by atoms with van der Waals surface area (Å²) >= 11 is 1.49. The van der Waals surface area contributed by atoms with Crippen LogP contribution in [-0.4, -0.2) is 44.0 Å². The van der Waals surface area contributed by atoms with Crippen molar-refractivity contribution in [2.24, 2.45) is 5.92 Å². The van der Waals surface area contributed by atoms with E-state index in [1.165, 1.54) is 28.8 Å². The SMILES string of the molecule is O=C(O)C1CSC(C2CC2)N1C(=O)c1cccc(F)n1. The minimum absolute atomic E-state index is 0.0376. The van der Waals surface area contributed by atoms with Crippen LogP contribution in [0.25, 0.3) is 0 Å². The highest BCUT2D eigenvalue weighted by atomic mass is 32.2. The number of carboxylic acids is 1. The van der Waals surface area contributed by atoms with E-state index in [4.69, 9.17) is 0 Å². The Morgan fingerprint density at radius 2 is 2.15 bits per heavy atom. The quantitative estimate of drug-likeness (QED) is 0.858. The molecule has 5 nitrogen and oxygen atoms in total. The topological polar surface area (TPSA) is 70.5 Å². The van der Waals surface area contributed by atoms with Gasteiger partial charge in [0, 0.05) is 5.75 Å². The molecule has 7 heteroatoms. The fourth-order valence-corrected chi connectivity index (χ4v) is 4.01. The van der Waals surface area contributed by atoms with Gasteiger partial charge >= 0.3 is 5.97 Å². The first-order valence-electron chi connectivity index (χ1n) is 6.37. The average Bonchev–Trinajstić information content (AvgIpc) is 3.16. The fraction of sp³-hybridized carbons (Fsp3) is 0.462. The molecule has 0 bridgehead atoms. The van der Waals surface area contributed by atoms with Gasteiger partial charge in [-0.1, -0.05) is 6.07 Å². The van der Waals surface area contributed by atoms with Gasteiger partial charge in [0.1, 0.15) is 11.7 Å². The van der Waals surface area contributed by atoms with Crippen LogP contribution in [0.4, 0.5) is 4.39 Å². The highest BCUT2D eigenvalue weighted by Gasteiger charge is 2.48. The van der Waals surface area contributed by atoms with Gasteiger partial charge in [0.15, 0.2) is 0 Å². The molecular weight excluding hydrogens is 283 g/mol. The molecule has 1 aliphatic heterocycles. The molecule has 1 aromatic rings. The molecule has 2 unspecified atom stereocenters. The van der Waals surface area contributed by atoms with E-state index in [0.717, 1.165) is 18.9 Å². The Bertz CT molecular complexity index is 564. The largest absolute Gasteiger partial charge is 0.480 e. The van der Waals surface area contributed by atoms with Crippen LogP contribution in [0.2, 0.25) is 0 Å². The lowest BCUT2D eigenvalue weighted by atomic mass is 10.2. The summed E-state index contributed by atoms with van der Waals surface area (Å²) in [5.41, 5.74) is -0.0376. The number of aliphatic carboxylic acids is 1. The maximum absolute atomic E-state index is 13.1. The highest BCUT2D eigenvalue weighted by Crippen LogP contribution is 2.45. The predicted octanol–water partition coefficient (Wildman–Crippen LogP) is 1.60. The second kappa shape index (κ2) is 5.05. The number of halogens is 1. The number of amides is 1. The molecule has 1 aromatic heterocycles. The second-order valence-corrected chi connectivity index (χ2v) is 6.12. The Morgan fingerprint density at radius 3 is 2.75 bits per heavy atom. The molecule has 1 amide bonds. The molecule has 1 saturated carbocycles. The normalized spacial score (nSPS) is 25.8. The summed E-state index contributed by atoms with van der Waals surface area (Å²) in [6.45, 7) is 0. The van der Waals surface area contributed by atoms with Gasteiger partial charge in [0.05, 0.1) is 5.37 Å². The van der Waals surface area contributed by atoms with Crippen molar-refractivity contribution < 1.29 is 19.1 Å². The van der Waals surface area contributed by atoms with Crippen LogP contribution in [0.1, 0.15) is 23.3 Å². The lowest BCUT2D eigenvalue weighted by Crippen LogP contribution is -2.46. The first-order chi connectivity index (χ1) is 9.58. The van der Waals surface area contributed by atoms with Gasteiger partial charge in [-0.3, -0.25) is 4.79 Å². The van der Waals surface area contributed by atoms with Crippen molar-refractivity contribution in [1.29, 1.82) is 0 Å². The van der Waals surface area contributed by atoms with E-state index >= 15 is 0 Å². The standard InChI is InChI=1S/C13H13FN2O3S/c14-10-3-1-2-8(15-10)11(17)16-9(13(18)19)6-20-12(16)7-4-5-7/h1-3,7,9,12H,4-6H2,(H,18,19). The van der Waals surface area contributed by atoms with Gasteiger partial charge in [-0.25, -0.2) is 9.78 Å². The zero-order valence-corrected chi connectivity index (χ0v) is 11.3. The number of thioether (sulfide) groups is 1. The second-order valence-electron chi connectivity index (χ2n) is 4.97. The molecule has 0 aromatic carbocycles. The molecule has 20 heavy (non-hydrogen) atoms. The molecule has 1 N–H and O–H groups in total. The van der Waals surface area contributed by atoms with Crippen LogP contribution in [0.5, 0.6) is 0 Å². The fourth-order valence-electron chi connectivity index (χ4n) is 2.38. The van der Waals surface area contributed by atoms with Gasteiger partial charge in [-0.2, -0.15) is 4.39 Å². The molecule has 106 valence electrons. The Labute approximate surface area is 119 Å². The van der Waals surface area contributed by atoms with Crippen molar-refractivity contribution in [2.45, 2.75) is 24.3 Å². The zero-order valence-electron chi connectivity index (χ0n) is 10.5. The van der Waals surface area contributed by atoms with E-state index < -0.39 is 23.9 Å². The van der Waals surface area contributed by atoms with E-state index in [1.807, 2.05) is 0 Å². The summed E-state index contributed by atoms with van der Waals surface area (Å²) < 4.78 is 13.1. The van der Waals surface area contributed by atoms with Gasteiger partial charge in [0.25, 0.3) is 5.91 Å². The van der Waals surface area contributed by atoms with Gasteiger partial charge in [-0.05, 0) is 30.9 Å². The first kappa shape index (κ1) is 13.4. The predicted molar refractivity (Wildman–Crippen MR) is 70.8 cm³/mol. The Kier molecular flexibility index (Phi) is 3.37. The van der Waals surface area contributed by atoms with Gasteiger partial charge in [0.2, 0.25) is 5.95 Å². The minimum atomic E-state index is -1.02. The highest BCUT2D eigenvalue weighted by molar-refractivity contribution is 8.00. The van der Waals surface area contributed by atoms with Crippen LogP contribution >= 0.6 is 11.8 Å². The molecule has 2 heterocycles. The lowest BCUT2D eigenvalue weighted by Gasteiger charge is -2.27. The van der Waals surface area contributed by atoms with E-state index in [-0.39, 0.29) is 11.1 Å². The van der Waals surface area contributed by atoms with Crippen LogP contribution in [0.15, 0.2) is 18.2 Å². The summed E-state index contributed by atoms with van der Waals surface area (Å²) in [7, 11) is 0. The van der Waals surface area contributed by atoms with E-state index in [2.05, 4.69) is 4.98 Å². The lowest BCUT2D eigenvalue weighted by molar-refractivity contribution is -0.141. The van der Waals surface area contributed by atoms with Crippen molar-refractivity contribution in [3.63, 3.8) is 0 Å². The molecule has 3 rings (SSSR count). The van der Waals surface area contributed by atoms with Gasteiger partial charge < -0.3 is 10.0 Å². The number of carbonyl (C=O) groups excluding carboxylic acids is 1. The summed E-state index contributed by atoms with van der Waals surface area (Å²) in [5.74, 6) is -1.54. The number of carboxylic acid groups (broad SMARTS) is 1. The summed E-state index contributed by atoms with van der Waals surface area (Å²) in [5, 5.41) is 9.12. The molecule has 1 aliphatic carbocycles. The smallest absolute Gasteiger partial charge is 0.327 e. The van der Waals surface area contributed by atoms with Crippen LogP contribution < -0.4 is 0 Å². The Hall–Kier alpha value is -1.63. The van der Waals surface area contributed by atoms with Gasteiger partial charge in [-0.15, -0.1) is 11.8 Å². The van der Waals surface area contributed by atoms with Crippen molar-refractivity contribution in [2.75, 3.05) is 5.75 Å². The minimum Gasteiger partial charge on any atom is -0.480 e. The number of hydrogen-bond donors (Lipinski definition) is 1. The van der Waals surface area contributed by atoms with E-state index in [0.29, 0.717) is 11.7 Å². The number of aromatic nitrogens is 1. The zero-order chi connectivity index (χ0) is 14.3. The van der Waals surface area contributed by atoms with E-state index in [1.54, 1.807) is 0 Å². The molecule has 2 aliphatic rings. The molecule has 0 spiro atoms. The maximum Gasteiger partial charge on any atom is 0.327 e. The van der Waals surface area contributed by atoms with E-state index in [9.17, 15) is 19.1 Å². The number of hydrogen-bond acceptors (Lipinski definition) is 4. The molecule has 1 saturated heterocycles. The number of nitrogens with zero attached hydrogens (tertiary/aromatic N) is 2. The van der Waals surface area contributed by atoms with Crippen molar-refractivity contribution in [1.82, 2.24) is 9.88 Å². The number of rotatable bonds is 3. The number of pyridine rings is 1. The maximum atomic E-state index is 13.1. The third-order valence-corrected chi connectivity index (χ3v) is 4.98. The van der Waals surface area contributed by atoms with Crippen molar-refractivity contribution >= 4 is 23.6 Å². The average molecular weight is 296 g/mol. The molecule has 2 atom stereocenters. The van der Waals surface area contributed by atoms with Crippen molar-refractivity contribution in [3.05, 3.63) is 29.8 Å². The molecule has 2 fully saturated rings. The molecule has 0 radical (unpaired) electrons. The summed E-state index contributed by atoms with van der Waals surface area (Å²) in [4.78, 5) is 28.7.